The maximum atomic E-state index is 13.2. The van der Waals surface area contributed by atoms with E-state index in [0.29, 0.717) is 43.5 Å². The quantitative estimate of drug-likeness (QED) is 0.460. The van der Waals surface area contributed by atoms with Gasteiger partial charge in [0.25, 0.3) is 0 Å². The molecule has 9 nitrogen and oxygen atoms in total. The number of ether oxygens (including phenoxy) is 2. The highest BCUT2D eigenvalue weighted by Crippen LogP contribution is 2.24. The third-order valence-electron chi connectivity index (χ3n) is 6.38. The molecule has 2 aliphatic heterocycles. The number of nitrogens with zero attached hydrogens (tertiary/aromatic N) is 4. The lowest BCUT2D eigenvalue weighted by atomic mass is 10.1. The lowest BCUT2D eigenvalue weighted by Crippen LogP contribution is -2.49. The predicted octanol–water partition coefficient (Wildman–Crippen LogP) is 2.87. The number of piperazine rings is 1. The number of ketones is 1. The highest BCUT2D eigenvalue weighted by molar-refractivity contribution is 7.89. The molecule has 0 bridgehead atoms. The average molecular weight is 497 g/mol. The van der Waals surface area contributed by atoms with Gasteiger partial charge in [-0.15, -0.1) is 0 Å². The standard InChI is InChI=1S/C25H28N4O5S/c30-23(18-34-25-7-3-4-14-33-25)22-16-27-24(17-26-22)28-10-12-29(13-11-28)35(31,32)21-9-8-19-5-1-2-6-20(19)15-21/h1-2,5-6,8-9,15-17,25H,3-4,7,10-14,18H2. The largest absolute Gasteiger partial charge is 0.353 e. The van der Waals surface area contributed by atoms with Gasteiger partial charge in [-0.25, -0.2) is 18.4 Å². The van der Waals surface area contributed by atoms with Gasteiger partial charge in [0.2, 0.25) is 15.8 Å². The maximum absolute atomic E-state index is 13.2. The molecule has 184 valence electrons. The molecule has 1 aromatic heterocycles. The monoisotopic (exact) mass is 496 g/mol. The van der Waals surface area contributed by atoms with Gasteiger partial charge in [-0.1, -0.05) is 30.3 Å². The van der Waals surface area contributed by atoms with Crippen molar-refractivity contribution in [2.24, 2.45) is 0 Å². The van der Waals surface area contributed by atoms with Gasteiger partial charge in [0.15, 0.2) is 6.29 Å². The van der Waals surface area contributed by atoms with Crippen molar-refractivity contribution in [3.05, 3.63) is 60.6 Å². The third-order valence-corrected chi connectivity index (χ3v) is 8.28. The molecular weight excluding hydrogens is 468 g/mol. The fourth-order valence-electron chi connectivity index (χ4n) is 4.35. The van der Waals surface area contributed by atoms with Gasteiger partial charge in [0.1, 0.15) is 18.1 Å². The molecule has 1 atom stereocenters. The van der Waals surface area contributed by atoms with E-state index in [2.05, 4.69) is 9.97 Å². The number of rotatable bonds is 7. The van der Waals surface area contributed by atoms with Crippen LogP contribution >= 0.6 is 0 Å². The molecule has 3 aromatic rings. The van der Waals surface area contributed by atoms with Crippen molar-refractivity contribution in [1.82, 2.24) is 14.3 Å². The molecular formula is C25H28N4O5S. The zero-order chi connectivity index (χ0) is 24.3. The van der Waals surface area contributed by atoms with Crippen LogP contribution < -0.4 is 4.90 Å². The van der Waals surface area contributed by atoms with Gasteiger partial charge in [-0.05, 0) is 42.2 Å². The van der Waals surface area contributed by atoms with Gasteiger partial charge < -0.3 is 14.4 Å². The van der Waals surface area contributed by atoms with Crippen LogP contribution in [0.15, 0.2) is 59.8 Å². The van der Waals surface area contributed by atoms with Gasteiger partial charge in [-0.2, -0.15) is 4.31 Å². The van der Waals surface area contributed by atoms with Crippen LogP contribution in [-0.2, 0) is 19.5 Å². The normalized spacial score (nSPS) is 19.7. The Morgan fingerprint density at radius 2 is 1.80 bits per heavy atom. The first-order valence-corrected chi connectivity index (χ1v) is 13.3. The smallest absolute Gasteiger partial charge is 0.243 e. The van der Waals surface area contributed by atoms with Crippen molar-refractivity contribution in [3.63, 3.8) is 0 Å². The van der Waals surface area contributed by atoms with Crippen molar-refractivity contribution in [2.75, 3.05) is 44.3 Å². The molecule has 1 unspecified atom stereocenters. The maximum Gasteiger partial charge on any atom is 0.243 e. The van der Waals surface area contributed by atoms with E-state index in [-0.39, 0.29) is 24.4 Å². The Labute approximate surface area is 204 Å². The van der Waals surface area contributed by atoms with Crippen molar-refractivity contribution in [2.45, 2.75) is 30.4 Å². The van der Waals surface area contributed by atoms with Crippen LogP contribution in [-0.4, -0.2) is 74.2 Å². The number of carbonyl (C=O) groups excluding carboxylic acids is 1. The summed E-state index contributed by atoms with van der Waals surface area (Å²) in [4.78, 5) is 23.3. The molecule has 2 fully saturated rings. The summed E-state index contributed by atoms with van der Waals surface area (Å²) in [6.45, 7) is 2.21. The summed E-state index contributed by atoms with van der Waals surface area (Å²) < 4.78 is 38.9. The van der Waals surface area contributed by atoms with Crippen LogP contribution in [0.1, 0.15) is 29.8 Å². The van der Waals surface area contributed by atoms with Gasteiger partial charge >= 0.3 is 0 Å². The molecule has 0 aliphatic carbocycles. The first-order chi connectivity index (χ1) is 17.0. The summed E-state index contributed by atoms with van der Waals surface area (Å²) in [5.74, 6) is 0.366. The van der Waals surface area contributed by atoms with E-state index in [1.165, 1.54) is 10.5 Å². The van der Waals surface area contributed by atoms with Crippen molar-refractivity contribution < 1.29 is 22.7 Å². The number of carbonyl (C=O) groups is 1. The minimum absolute atomic E-state index is 0.0933. The number of fused-ring (bicyclic) bond motifs is 1. The van der Waals surface area contributed by atoms with Crippen LogP contribution in [0.25, 0.3) is 10.8 Å². The number of hydrogen-bond donors (Lipinski definition) is 0. The molecule has 0 amide bonds. The number of benzene rings is 2. The van der Waals surface area contributed by atoms with Crippen molar-refractivity contribution >= 4 is 32.4 Å². The number of anilines is 1. The summed E-state index contributed by atoms with van der Waals surface area (Å²) >= 11 is 0. The van der Waals surface area contributed by atoms with E-state index in [0.717, 1.165) is 30.0 Å². The van der Waals surface area contributed by atoms with Crippen molar-refractivity contribution in [3.8, 4) is 0 Å². The molecule has 0 radical (unpaired) electrons. The van der Waals surface area contributed by atoms with Gasteiger partial charge in [0.05, 0.1) is 17.3 Å². The Kier molecular flexibility index (Phi) is 7.05. The first kappa shape index (κ1) is 23.8. The number of Topliss-reactive ketones (excluding diaryl/α,β-unsaturated/α-hetero) is 1. The van der Waals surface area contributed by atoms with Crippen LogP contribution in [0.5, 0.6) is 0 Å². The zero-order valence-electron chi connectivity index (χ0n) is 19.4. The lowest BCUT2D eigenvalue weighted by Gasteiger charge is -2.34. The van der Waals surface area contributed by atoms with Gasteiger partial charge in [0, 0.05) is 32.8 Å². The fourth-order valence-corrected chi connectivity index (χ4v) is 5.81. The molecule has 0 N–H and O–H groups in total. The molecule has 0 spiro atoms. The number of aromatic nitrogens is 2. The van der Waals surface area contributed by atoms with Gasteiger partial charge in [-0.3, -0.25) is 4.79 Å². The van der Waals surface area contributed by atoms with E-state index in [1.807, 2.05) is 35.2 Å². The Hall–Kier alpha value is -2.92. The third kappa shape index (κ3) is 5.35. The molecule has 2 saturated heterocycles. The highest BCUT2D eigenvalue weighted by atomic mass is 32.2. The van der Waals surface area contributed by atoms with Crippen LogP contribution in [0, 0.1) is 0 Å². The summed E-state index contributed by atoms with van der Waals surface area (Å²) in [6.07, 6.45) is 5.51. The molecule has 10 heteroatoms. The Morgan fingerprint density at radius 3 is 2.51 bits per heavy atom. The molecule has 2 aliphatic rings. The van der Waals surface area contributed by atoms with Crippen LogP contribution in [0.2, 0.25) is 0 Å². The Balaban J connectivity index is 1.17. The van der Waals surface area contributed by atoms with E-state index >= 15 is 0 Å². The minimum Gasteiger partial charge on any atom is -0.353 e. The second-order valence-corrected chi connectivity index (χ2v) is 10.6. The highest BCUT2D eigenvalue weighted by Gasteiger charge is 2.29. The number of hydrogen-bond acceptors (Lipinski definition) is 8. The van der Waals surface area contributed by atoms with E-state index in [1.54, 1.807) is 18.3 Å². The fraction of sp³-hybridized carbons (Fsp3) is 0.400. The van der Waals surface area contributed by atoms with Crippen molar-refractivity contribution in [1.29, 1.82) is 0 Å². The van der Waals surface area contributed by atoms with Crippen LogP contribution in [0.3, 0.4) is 0 Å². The van der Waals surface area contributed by atoms with Crippen LogP contribution in [0.4, 0.5) is 5.82 Å². The van der Waals surface area contributed by atoms with E-state index in [4.69, 9.17) is 9.47 Å². The average Bonchev–Trinajstić information content (AvgIpc) is 2.92. The summed E-state index contributed by atoms with van der Waals surface area (Å²) in [6, 6.07) is 12.9. The Morgan fingerprint density at radius 1 is 1.00 bits per heavy atom. The molecule has 35 heavy (non-hydrogen) atoms. The second kappa shape index (κ2) is 10.4. The Bertz CT molecular complexity index is 1280. The molecule has 5 rings (SSSR count). The number of sulfonamides is 1. The summed E-state index contributed by atoms with van der Waals surface area (Å²) in [5, 5.41) is 1.90. The molecule has 0 saturated carbocycles. The molecule has 3 heterocycles. The summed E-state index contributed by atoms with van der Waals surface area (Å²) in [7, 11) is -3.59. The molecule has 2 aromatic carbocycles. The predicted molar refractivity (Wildman–Crippen MR) is 131 cm³/mol. The second-order valence-electron chi connectivity index (χ2n) is 8.69. The summed E-state index contributed by atoms with van der Waals surface area (Å²) in [5.41, 5.74) is 0.238. The van der Waals surface area contributed by atoms with E-state index in [9.17, 15) is 13.2 Å². The SMILES string of the molecule is O=C(COC1CCCCO1)c1cnc(N2CCN(S(=O)(=O)c3ccc4ccccc4c3)CC2)cn1. The topological polar surface area (TPSA) is 102 Å². The zero-order valence-corrected chi connectivity index (χ0v) is 20.2. The lowest BCUT2D eigenvalue weighted by molar-refractivity contribution is -0.155. The van der Waals surface area contributed by atoms with E-state index < -0.39 is 10.0 Å². The first-order valence-electron chi connectivity index (χ1n) is 11.8. The minimum atomic E-state index is -3.59.